The van der Waals surface area contributed by atoms with E-state index in [0.717, 1.165) is 47.6 Å². The van der Waals surface area contributed by atoms with Crippen molar-refractivity contribution in [1.29, 1.82) is 0 Å². The molecule has 0 aliphatic carbocycles. The number of hydrogen-bond donors (Lipinski definition) is 4. The molecule has 0 bridgehead atoms. The number of rotatable bonds is 6. The van der Waals surface area contributed by atoms with Gasteiger partial charge in [-0.2, -0.15) is 0 Å². The summed E-state index contributed by atoms with van der Waals surface area (Å²) in [4.78, 5) is 29.0. The highest BCUT2D eigenvalue weighted by molar-refractivity contribution is 6.36. The summed E-state index contributed by atoms with van der Waals surface area (Å²) in [6, 6.07) is 12.9. The van der Waals surface area contributed by atoms with Gasteiger partial charge in [-0.15, -0.1) is 0 Å². The van der Waals surface area contributed by atoms with Crippen LogP contribution < -0.4 is 10.6 Å². The van der Waals surface area contributed by atoms with Gasteiger partial charge in [-0.3, -0.25) is 14.9 Å². The van der Waals surface area contributed by atoms with Crippen LogP contribution >= 0.6 is 11.6 Å². The van der Waals surface area contributed by atoms with E-state index in [2.05, 4.69) is 27.8 Å². The number of aromatic nitrogens is 1. The van der Waals surface area contributed by atoms with Crippen LogP contribution in [0.1, 0.15) is 39.1 Å². The standard InChI is InChI=1S/C25H22ClN3O3/c1-27-10-3-2-5-13-8-9-15-17(11-13)28-18-12-16(14-6-4-7-19(30)23(14)26)21-22(20(15)18)25(32)29-24(21)31/h4,6-9,11-12,27-28,30H,2-3,5,10H2,1H3,(H,29,31,32). The highest BCUT2D eigenvalue weighted by atomic mass is 35.5. The molecule has 5 rings (SSSR count). The Hall–Kier alpha value is -3.35. The summed E-state index contributed by atoms with van der Waals surface area (Å²) in [5, 5.41) is 17.4. The van der Waals surface area contributed by atoms with Crippen molar-refractivity contribution in [3.05, 3.63) is 64.2 Å². The molecular weight excluding hydrogens is 426 g/mol. The number of imide groups is 1. The van der Waals surface area contributed by atoms with Crippen molar-refractivity contribution in [1.82, 2.24) is 15.6 Å². The van der Waals surface area contributed by atoms with Gasteiger partial charge in [-0.1, -0.05) is 35.9 Å². The summed E-state index contributed by atoms with van der Waals surface area (Å²) in [6.45, 7) is 0.990. The van der Waals surface area contributed by atoms with Gasteiger partial charge >= 0.3 is 0 Å². The molecule has 2 amide bonds. The van der Waals surface area contributed by atoms with Crippen molar-refractivity contribution < 1.29 is 14.7 Å². The number of hydrogen-bond acceptors (Lipinski definition) is 4. The number of amides is 2. The van der Waals surface area contributed by atoms with E-state index in [9.17, 15) is 14.7 Å². The van der Waals surface area contributed by atoms with Gasteiger partial charge in [0.05, 0.1) is 16.1 Å². The van der Waals surface area contributed by atoms with Crippen LogP contribution in [0, 0.1) is 0 Å². The third-order valence-electron chi connectivity index (χ3n) is 6.04. The maximum atomic E-state index is 12.8. The average molecular weight is 448 g/mol. The third kappa shape index (κ3) is 3.23. The third-order valence-corrected chi connectivity index (χ3v) is 6.44. The van der Waals surface area contributed by atoms with Crippen molar-refractivity contribution in [3.8, 4) is 16.9 Å². The molecule has 2 heterocycles. The number of fused-ring (bicyclic) bond motifs is 5. The van der Waals surface area contributed by atoms with Crippen LogP contribution in [0.5, 0.6) is 5.75 Å². The van der Waals surface area contributed by atoms with E-state index in [1.807, 2.05) is 19.2 Å². The summed E-state index contributed by atoms with van der Waals surface area (Å²) < 4.78 is 0. The number of carbonyl (C=O) groups is 2. The van der Waals surface area contributed by atoms with Crippen molar-refractivity contribution >= 4 is 45.2 Å². The number of phenols is 1. The largest absolute Gasteiger partial charge is 0.506 e. The van der Waals surface area contributed by atoms with Crippen LogP contribution in [-0.2, 0) is 6.42 Å². The van der Waals surface area contributed by atoms with Crippen molar-refractivity contribution in [2.24, 2.45) is 0 Å². The van der Waals surface area contributed by atoms with Crippen LogP contribution in [0.4, 0.5) is 0 Å². The SMILES string of the molecule is CNCCCCc1ccc2c(c1)[nH]c1cc(-c3cccc(O)c3Cl)c3c(c12)C(=O)NC3=O. The Labute approximate surface area is 189 Å². The van der Waals surface area contributed by atoms with Gasteiger partial charge in [-0.25, -0.2) is 0 Å². The number of aromatic hydroxyl groups is 1. The normalized spacial score (nSPS) is 13.2. The second-order valence-corrected chi connectivity index (χ2v) is 8.46. The number of carbonyl (C=O) groups excluding carboxylic acids is 2. The number of aryl methyl sites for hydroxylation is 1. The summed E-state index contributed by atoms with van der Waals surface area (Å²) in [7, 11) is 1.95. The minimum absolute atomic E-state index is 0.0812. The number of phenolic OH excluding ortho intramolecular Hbond substituents is 1. The van der Waals surface area contributed by atoms with E-state index in [1.165, 1.54) is 11.6 Å². The summed E-state index contributed by atoms with van der Waals surface area (Å²) in [6.07, 6.45) is 3.15. The zero-order valence-corrected chi connectivity index (χ0v) is 18.3. The Bertz CT molecular complexity index is 1410. The van der Waals surface area contributed by atoms with Gasteiger partial charge in [0.15, 0.2) is 0 Å². The van der Waals surface area contributed by atoms with Crippen LogP contribution in [0.15, 0.2) is 42.5 Å². The summed E-state index contributed by atoms with van der Waals surface area (Å²) >= 11 is 6.35. The second kappa shape index (κ2) is 7.97. The molecule has 0 spiro atoms. The highest BCUT2D eigenvalue weighted by Gasteiger charge is 2.34. The van der Waals surface area contributed by atoms with E-state index >= 15 is 0 Å². The minimum Gasteiger partial charge on any atom is -0.506 e. The maximum absolute atomic E-state index is 12.8. The Kier molecular flexibility index (Phi) is 5.12. The molecule has 0 saturated heterocycles. The Morgan fingerprint density at radius 2 is 1.78 bits per heavy atom. The Balaban J connectivity index is 1.71. The lowest BCUT2D eigenvalue weighted by Gasteiger charge is -2.10. The zero-order chi connectivity index (χ0) is 22.4. The zero-order valence-electron chi connectivity index (χ0n) is 17.5. The first kappa shape index (κ1) is 20.5. The Morgan fingerprint density at radius 3 is 2.59 bits per heavy atom. The molecule has 0 unspecified atom stereocenters. The molecule has 7 heteroatoms. The fourth-order valence-electron chi connectivity index (χ4n) is 4.54. The predicted molar refractivity (Wildman–Crippen MR) is 127 cm³/mol. The molecule has 6 nitrogen and oxygen atoms in total. The lowest BCUT2D eigenvalue weighted by Crippen LogP contribution is -2.20. The molecule has 0 radical (unpaired) electrons. The number of H-pyrrole nitrogens is 1. The smallest absolute Gasteiger partial charge is 0.259 e. The number of unbranched alkanes of at least 4 members (excludes halogenated alkanes) is 1. The second-order valence-electron chi connectivity index (χ2n) is 8.08. The van der Waals surface area contributed by atoms with Crippen molar-refractivity contribution in [3.63, 3.8) is 0 Å². The molecule has 0 saturated carbocycles. The van der Waals surface area contributed by atoms with Crippen LogP contribution in [0.2, 0.25) is 5.02 Å². The number of nitrogens with one attached hydrogen (secondary N) is 3. The van der Waals surface area contributed by atoms with Gasteiger partial charge in [-0.05, 0) is 62.2 Å². The summed E-state index contributed by atoms with van der Waals surface area (Å²) in [5.74, 6) is -0.968. The molecule has 4 aromatic rings. The van der Waals surface area contributed by atoms with E-state index in [-0.39, 0.29) is 16.3 Å². The molecule has 3 aromatic carbocycles. The molecule has 4 N–H and O–H groups in total. The molecule has 0 fully saturated rings. The van der Waals surface area contributed by atoms with E-state index < -0.39 is 11.8 Å². The molecule has 162 valence electrons. The monoisotopic (exact) mass is 447 g/mol. The fourth-order valence-corrected chi connectivity index (χ4v) is 4.76. The quantitative estimate of drug-likeness (QED) is 0.253. The Morgan fingerprint density at radius 1 is 0.969 bits per heavy atom. The number of benzene rings is 3. The van der Waals surface area contributed by atoms with Gasteiger partial charge in [0.25, 0.3) is 11.8 Å². The van der Waals surface area contributed by atoms with Crippen LogP contribution in [-0.4, -0.2) is 35.5 Å². The molecule has 32 heavy (non-hydrogen) atoms. The average Bonchev–Trinajstić information content (AvgIpc) is 3.28. The fraction of sp³-hybridized carbons (Fsp3) is 0.200. The first-order chi connectivity index (χ1) is 15.5. The maximum Gasteiger partial charge on any atom is 0.259 e. The van der Waals surface area contributed by atoms with Gasteiger partial charge in [0.1, 0.15) is 5.75 Å². The summed E-state index contributed by atoms with van der Waals surface area (Å²) in [5.41, 5.74) is 4.51. The van der Waals surface area contributed by atoms with E-state index in [0.29, 0.717) is 16.7 Å². The van der Waals surface area contributed by atoms with Gasteiger partial charge in [0.2, 0.25) is 0 Å². The highest BCUT2D eigenvalue weighted by Crippen LogP contribution is 2.42. The topological polar surface area (TPSA) is 94.2 Å². The van der Waals surface area contributed by atoms with Crippen molar-refractivity contribution in [2.45, 2.75) is 19.3 Å². The molecule has 1 aliphatic rings. The van der Waals surface area contributed by atoms with Gasteiger partial charge < -0.3 is 15.4 Å². The molecule has 1 aromatic heterocycles. The lowest BCUT2D eigenvalue weighted by molar-refractivity contribution is 0.0880. The molecular formula is C25H22ClN3O3. The predicted octanol–water partition coefficient (Wildman–Crippen LogP) is 4.77. The van der Waals surface area contributed by atoms with Crippen LogP contribution in [0.3, 0.4) is 0 Å². The first-order valence-corrected chi connectivity index (χ1v) is 11.0. The van der Waals surface area contributed by atoms with Crippen LogP contribution in [0.25, 0.3) is 32.9 Å². The van der Waals surface area contributed by atoms with Gasteiger partial charge in [0, 0.05) is 27.4 Å². The van der Waals surface area contributed by atoms with E-state index in [4.69, 9.17) is 11.6 Å². The van der Waals surface area contributed by atoms with Crippen molar-refractivity contribution in [2.75, 3.05) is 13.6 Å². The molecule has 1 aliphatic heterocycles. The van der Waals surface area contributed by atoms with E-state index in [1.54, 1.807) is 12.1 Å². The minimum atomic E-state index is -0.461. The molecule has 0 atom stereocenters. The number of aromatic amines is 1. The lowest BCUT2D eigenvalue weighted by atomic mass is 9.92. The number of halogens is 1. The first-order valence-electron chi connectivity index (χ1n) is 10.6.